The van der Waals surface area contributed by atoms with Crippen LogP contribution in [0.25, 0.3) is 22.6 Å². The second-order valence-corrected chi connectivity index (χ2v) is 9.45. The molecule has 2 aromatic heterocycles. The van der Waals surface area contributed by atoms with Crippen LogP contribution < -0.4 is 0 Å². The third-order valence-electron chi connectivity index (χ3n) is 6.80. The first kappa shape index (κ1) is 28.0. The van der Waals surface area contributed by atoms with Gasteiger partial charge in [-0.1, -0.05) is 32.0 Å². The van der Waals surface area contributed by atoms with Crippen molar-refractivity contribution >= 4 is 11.9 Å². The van der Waals surface area contributed by atoms with Crippen LogP contribution in [0.2, 0.25) is 0 Å². The monoisotopic (exact) mass is 511 g/mol. The number of aromatic nitrogens is 2. The third kappa shape index (κ3) is 7.69. The molecule has 1 aromatic carbocycles. The molecule has 2 N–H and O–H groups in total. The zero-order valence-electron chi connectivity index (χ0n) is 21.4. The molecule has 1 fully saturated rings. The Morgan fingerprint density at radius 2 is 1.73 bits per heavy atom. The molecule has 1 saturated heterocycles. The van der Waals surface area contributed by atoms with Crippen LogP contribution >= 0.6 is 0 Å². The molecule has 9 heteroatoms. The van der Waals surface area contributed by atoms with Crippen molar-refractivity contribution in [3.63, 3.8) is 0 Å². The highest BCUT2D eigenvalue weighted by Crippen LogP contribution is 2.26. The molecule has 0 aliphatic carbocycles. The van der Waals surface area contributed by atoms with Crippen molar-refractivity contribution < 1.29 is 28.6 Å². The molecule has 0 unspecified atom stereocenters. The van der Waals surface area contributed by atoms with Gasteiger partial charge in [0.1, 0.15) is 5.76 Å². The number of halogens is 1. The zero-order valence-corrected chi connectivity index (χ0v) is 21.4. The minimum absolute atomic E-state index is 0.206. The Hall–Kier alpha value is -3.59. The van der Waals surface area contributed by atoms with Crippen molar-refractivity contribution in [1.29, 1.82) is 0 Å². The first-order valence-corrected chi connectivity index (χ1v) is 12.4. The Morgan fingerprint density at radius 3 is 2.27 bits per heavy atom. The number of carboxylic acids is 2. The summed E-state index contributed by atoms with van der Waals surface area (Å²) in [6.45, 7) is 7.25. The van der Waals surface area contributed by atoms with Gasteiger partial charge < -0.3 is 19.5 Å². The van der Waals surface area contributed by atoms with Crippen LogP contribution in [0.15, 0.2) is 53.2 Å². The number of aliphatic carboxylic acids is 2. The Kier molecular flexibility index (Phi) is 9.91. The van der Waals surface area contributed by atoms with E-state index in [1.54, 1.807) is 6.20 Å². The fraction of sp³-hybridized carbons (Fsp3) is 0.429. The highest BCUT2D eigenvalue weighted by molar-refractivity contribution is 5.79. The predicted octanol–water partition coefficient (Wildman–Crippen LogP) is 4.97. The van der Waals surface area contributed by atoms with Crippen molar-refractivity contribution in [2.75, 3.05) is 26.3 Å². The summed E-state index contributed by atoms with van der Waals surface area (Å²) in [7, 11) is 0. The molecule has 3 heterocycles. The van der Waals surface area contributed by atoms with Crippen LogP contribution in [-0.2, 0) is 16.0 Å². The van der Waals surface area contributed by atoms with Crippen LogP contribution in [0.3, 0.4) is 0 Å². The fourth-order valence-corrected chi connectivity index (χ4v) is 4.06. The summed E-state index contributed by atoms with van der Waals surface area (Å²) in [5.41, 5.74) is 4.16. The number of alkyl halides is 1. The fourth-order valence-electron chi connectivity index (χ4n) is 4.06. The minimum Gasteiger partial charge on any atom is -0.481 e. The number of pyridine rings is 1. The number of benzene rings is 1. The van der Waals surface area contributed by atoms with E-state index in [-0.39, 0.29) is 12.6 Å². The summed E-state index contributed by atoms with van der Waals surface area (Å²) in [5.74, 6) is -2.07. The van der Waals surface area contributed by atoms with Crippen molar-refractivity contribution in [1.82, 2.24) is 14.9 Å². The van der Waals surface area contributed by atoms with E-state index in [1.807, 2.05) is 37.4 Å². The first-order chi connectivity index (χ1) is 17.7. The summed E-state index contributed by atoms with van der Waals surface area (Å²) in [6, 6.07) is 12.2. The van der Waals surface area contributed by atoms with Gasteiger partial charge in [0.2, 0.25) is 5.89 Å². The van der Waals surface area contributed by atoms with Crippen molar-refractivity contribution in [2.24, 2.45) is 17.8 Å². The summed E-state index contributed by atoms with van der Waals surface area (Å²) >= 11 is 0. The van der Waals surface area contributed by atoms with E-state index < -0.39 is 23.8 Å². The summed E-state index contributed by atoms with van der Waals surface area (Å²) < 4.78 is 18.7. The maximum absolute atomic E-state index is 12.8. The van der Waals surface area contributed by atoms with Gasteiger partial charge in [0.15, 0.2) is 0 Å². The first-order valence-electron chi connectivity index (χ1n) is 12.4. The van der Waals surface area contributed by atoms with E-state index in [0.717, 1.165) is 60.6 Å². The second-order valence-electron chi connectivity index (χ2n) is 9.45. The zero-order chi connectivity index (χ0) is 26.9. The molecule has 0 saturated carbocycles. The van der Waals surface area contributed by atoms with Gasteiger partial charge >= 0.3 is 11.9 Å². The van der Waals surface area contributed by atoms with Crippen LogP contribution in [0.4, 0.5) is 4.39 Å². The number of nitrogens with zero attached hydrogens (tertiary/aromatic N) is 3. The Morgan fingerprint density at radius 1 is 1.08 bits per heavy atom. The standard InChI is InChI=1S/C22H24FN3O.C6H10O4/c1-16-21(9-12-26-11-8-17(13-23)15-26)25-22(27-16)19-6-4-18(5-7-19)20-3-2-10-24-14-20;1-3(5(7)8)4(2)6(9)10/h2-7,10,14,17H,8-9,11-13,15H2,1H3;3-4H,1-2H3,(H,7,8)(H,9,10)/t17-;3-,4-/m01/s1. The molecule has 1 aliphatic heterocycles. The average molecular weight is 512 g/mol. The van der Waals surface area contributed by atoms with E-state index >= 15 is 0 Å². The summed E-state index contributed by atoms with van der Waals surface area (Å²) in [5, 5.41) is 16.7. The third-order valence-corrected chi connectivity index (χ3v) is 6.80. The van der Waals surface area contributed by atoms with Crippen molar-refractivity contribution in [3.05, 3.63) is 60.2 Å². The maximum Gasteiger partial charge on any atom is 0.307 e. The number of hydrogen-bond acceptors (Lipinski definition) is 6. The number of rotatable bonds is 9. The number of aryl methyl sites for hydroxylation is 1. The number of carbonyl (C=O) groups is 2. The molecule has 1 aliphatic rings. The molecule has 0 spiro atoms. The number of hydrogen-bond donors (Lipinski definition) is 2. The average Bonchev–Trinajstić information content (AvgIpc) is 3.53. The molecule has 8 nitrogen and oxygen atoms in total. The highest BCUT2D eigenvalue weighted by atomic mass is 19.1. The van der Waals surface area contributed by atoms with E-state index in [1.165, 1.54) is 13.8 Å². The highest BCUT2D eigenvalue weighted by Gasteiger charge is 2.25. The van der Waals surface area contributed by atoms with E-state index in [2.05, 4.69) is 22.0 Å². The van der Waals surface area contributed by atoms with Crippen LogP contribution in [0.1, 0.15) is 31.7 Å². The normalized spacial score (nSPS) is 17.0. The molecule has 0 radical (unpaired) electrons. The van der Waals surface area contributed by atoms with Gasteiger partial charge in [-0.25, -0.2) is 4.98 Å². The number of carboxylic acid groups (broad SMARTS) is 2. The van der Waals surface area contributed by atoms with Gasteiger partial charge in [-0.05, 0) is 49.2 Å². The SMILES string of the molecule is C[C@@H](C(=O)O)[C@@H](C)C(=O)O.Cc1oc(-c2ccc(-c3cccnc3)cc2)nc1CCN1CC[C@@H](CF)C1. The van der Waals surface area contributed by atoms with E-state index in [0.29, 0.717) is 5.89 Å². The summed E-state index contributed by atoms with van der Waals surface area (Å²) in [6.07, 6.45) is 5.42. The minimum atomic E-state index is -1.07. The molecule has 4 rings (SSSR count). The van der Waals surface area contributed by atoms with Gasteiger partial charge in [-0.2, -0.15) is 0 Å². The van der Waals surface area contributed by atoms with Gasteiger partial charge in [-0.3, -0.25) is 19.0 Å². The topological polar surface area (TPSA) is 117 Å². The quantitative estimate of drug-likeness (QED) is 0.413. The molecule has 37 heavy (non-hydrogen) atoms. The lowest BCUT2D eigenvalue weighted by molar-refractivity contribution is -0.152. The lowest BCUT2D eigenvalue weighted by atomic mass is 9.97. The molecule has 198 valence electrons. The lowest BCUT2D eigenvalue weighted by Crippen LogP contribution is -2.24. The van der Waals surface area contributed by atoms with Gasteiger partial charge in [0, 0.05) is 43.4 Å². The van der Waals surface area contributed by atoms with Gasteiger partial charge in [-0.15, -0.1) is 0 Å². The largest absolute Gasteiger partial charge is 0.481 e. The van der Waals surface area contributed by atoms with Crippen molar-refractivity contribution in [3.8, 4) is 22.6 Å². The van der Waals surface area contributed by atoms with Crippen LogP contribution in [0.5, 0.6) is 0 Å². The smallest absolute Gasteiger partial charge is 0.307 e. The number of likely N-dealkylation sites (tertiary alicyclic amines) is 1. The Labute approximate surface area is 216 Å². The predicted molar refractivity (Wildman–Crippen MR) is 138 cm³/mol. The molecular formula is C28H34FN3O5. The lowest BCUT2D eigenvalue weighted by Gasteiger charge is -2.14. The summed E-state index contributed by atoms with van der Waals surface area (Å²) in [4.78, 5) is 31.6. The molecule has 3 aromatic rings. The second kappa shape index (κ2) is 13.1. The van der Waals surface area contributed by atoms with E-state index in [4.69, 9.17) is 19.6 Å². The Balaban J connectivity index is 0.000000325. The molecule has 0 bridgehead atoms. The van der Waals surface area contributed by atoms with E-state index in [9.17, 15) is 14.0 Å². The van der Waals surface area contributed by atoms with Crippen molar-refractivity contribution in [2.45, 2.75) is 33.6 Å². The molecular weight excluding hydrogens is 477 g/mol. The number of oxazole rings is 1. The van der Waals surface area contributed by atoms with Crippen LogP contribution in [0, 0.1) is 24.7 Å². The van der Waals surface area contributed by atoms with Gasteiger partial charge in [0.05, 0.1) is 24.2 Å². The van der Waals surface area contributed by atoms with Gasteiger partial charge in [0.25, 0.3) is 0 Å². The molecule has 0 amide bonds. The molecule has 3 atom stereocenters. The Bertz CT molecular complexity index is 1150. The van der Waals surface area contributed by atoms with Crippen LogP contribution in [-0.4, -0.2) is 63.3 Å². The maximum atomic E-state index is 12.8.